The Morgan fingerprint density at radius 3 is 2.43 bits per heavy atom. The van der Waals surface area contributed by atoms with Crippen molar-refractivity contribution < 1.29 is 13.2 Å². The molecule has 2 aromatic carbocycles. The summed E-state index contributed by atoms with van der Waals surface area (Å²) in [7, 11) is 0. The largest absolute Gasteiger partial charge is 0.416 e. The second-order valence-corrected chi connectivity index (χ2v) is 5.15. The monoisotopic (exact) mass is 293 g/mol. The predicted octanol–water partition coefficient (Wildman–Crippen LogP) is 4.86. The Morgan fingerprint density at radius 1 is 1.05 bits per heavy atom. The van der Waals surface area contributed by atoms with Crippen molar-refractivity contribution in [3.63, 3.8) is 0 Å². The molecule has 0 amide bonds. The molecular weight excluding hydrogens is 275 g/mol. The van der Waals surface area contributed by atoms with Crippen molar-refractivity contribution >= 4 is 0 Å². The van der Waals surface area contributed by atoms with E-state index in [1.165, 1.54) is 17.7 Å². The normalized spacial score (nSPS) is 13.2. The fourth-order valence-electron chi connectivity index (χ4n) is 2.17. The maximum atomic E-state index is 12.7. The van der Waals surface area contributed by atoms with Gasteiger partial charge in [-0.1, -0.05) is 36.4 Å². The minimum absolute atomic E-state index is 0.146. The van der Waals surface area contributed by atoms with Crippen LogP contribution in [0.3, 0.4) is 0 Å². The summed E-state index contributed by atoms with van der Waals surface area (Å²) in [5, 5.41) is 3.27. The maximum absolute atomic E-state index is 12.7. The molecule has 2 rings (SSSR count). The van der Waals surface area contributed by atoms with Gasteiger partial charge in [-0.3, -0.25) is 0 Å². The van der Waals surface area contributed by atoms with Crippen molar-refractivity contribution in [2.45, 2.75) is 32.6 Å². The van der Waals surface area contributed by atoms with Crippen molar-refractivity contribution in [1.82, 2.24) is 5.32 Å². The Labute approximate surface area is 122 Å². The number of hydrogen-bond donors (Lipinski definition) is 1. The van der Waals surface area contributed by atoms with Gasteiger partial charge in [0.2, 0.25) is 0 Å². The highest BCUT2D eigenvalue weighted by molar-refractivity contribution is 5.29. The summed E-state index contributed by atoms with van der Waals surface area (Å²) in [5.74, 6) is 0. The molecule has 0 fully saturated rings. The smallest absolute Gasteiger partial charge is 0.306 e. The van der Waals surface area contributed by atoms with Gasteiger partial charge in [-0.2, -0.15) is 13.2 Å². The lowest BCUT2D eigenvalue weighted by atomic mass is 10.0. The van der Waals surface area contributed by atoms with Crippen LogP contribution in [0, 0.1) is 6.92 Å². The summed E-state index contributed by atoms with van der Waals surface area (Å²) in [4.78, 5) is 0. The SMILES string of the molecule is Cc1ccccc1CNC(C)c1cccc(C(F)(F)F)c1. The van der Waals surface area contributed by atoms with Gasteiger partial charge in [-0.25, -0.2) is 0 Å². The molecule has 2 aromatic rings. The highest BCUT2D eigenvalue weighted by atomic mass is 19.4. The fourth-order valence-corrected chi connectivity index (χ4v) is 2.17. The molecular formula is C17H18F3N. The fraction of sp³-hybridized carbons (Fsp3) is 0.294. The van der Waals surface area contributed by atoms with Crippen LogP contribution in [0.2, 0.25) is 0 Å². The molecule has 1 atom stereocenters. The van der Waals surface area contributed by atoms with Gasteiger partial charge < -0.3 is 5.32 Å². The molecule has 0 aliphatic heterocycles. The molecule has 0 bridgehead atoms. The summed E-state index contributed by atoms with van der Waals surface area (Å²) in [6, 6.07) is 13.3. The lowest BCUT2D eigenvalue weighted by molar-refractivity contribution is -0.137. The first-order chi connectivity index (χ1) is 9.88. The first-order valence-electron chi connectivity index (χ1n) is 6.83. The average molecular weight is 293 g/mol. The summed E-state index contributed by atoms with van der Waals surface area (Å²) in [5.41, 5.74) is 2.35. The maximum Gasteiger partial charge on any atom is 0.416 e. The molecule has 0 saturated heterocycles. The average Bonchev–Trinajstić information content (AvgIpc) is 2.45. The van der Waals surface area contributed by atoms with Gasteiger partial charge in [-0.15, -0.1) is 0 Å². The number of hydrogen-bond acceptors (Lipinski definition) is 1. The van der Waals surface area contributed by atoms with E-state index in [1.807, 2.05) is 38.1 Å². The Morgan fingerprint density at radius 2 is 1.76 bits per heavy atom. The van der Waals surface area contributed by atoms with Gasteiger partial charge in [0.1, 0.15) is 0 Å². The van der Waals surface area contributed by atoms with Crippen molar-refractivity contribution in [2.75, 3.05) is 0 Å². The van der Waals surface area contributed by atoms with Crippen LogP contribution in [0.15, 0.2) is 48.5 Å². The lowest BCUT2D eigenvalue weighted by Gasteiger charge is -2.17. The highest BCUT2D eigenvalue weighted by Gasteiger charge is 2.30. The molecule has 0 aliphatic carbocycles. The quantitative estimate of drug-likeness (QED) is 0.848. The van der Waals surface area contributed by atoms with E-state index in [-0.39, 0.29) is 6.04 Å². The molecule has 0 spiro atoms. The van der Waals surface area contributed by atoms with Crippen molar-refractivity contribution in [3.8, 4) is 0 Å². The van der Waals surface area contributed by atoms with Crippen LogP contribution in [-0.2, 0) is 12.7 Å². The molecule has 1 nitrogen and oxygen atoms in total. The number of rotatable bonds is 4. The standard InChI is InChI=1S/C17H18F3N/c1-12-6-3-4-7-15(12)11-21-13(2)14-8-5-9-16(10-14)17(18,19)20/h3-10,13,21H,11H2,1-2H3. The van der Waals surface area contributed by atoms with Crippen LogP contribution in [-0.4, -0.2) is 0 Å². The number of benzene rings is 2. The van der Waals surface area contributed by atoms with Gasteiger partial charge in [0, 0.05) is 12.6 Å². The summed E-state index contributed by atoms with van der Waals surface area (Å²) < 4.78 is 38.1. The topological polar surface area (TPSA) is 12.0 Å². The third-order valence-corrected chi connectivity index (χ3v) is 3.57. The second kappa shape index (κ2) is 6.31. The van der Waals surface area contributed by atoms with Gasteiger partial charge in [0.25, 0.3) is 0 Å². The van der Waals surface area contributed by atoms with E-state index in [0.29, 0.717) is 12.1 Å². The third-order valence-electron chi connectivity index (χ3n) is 3.57. The first kappa shape index (κ1) is 15.6. The van der Waals surface area contributed by atoms with E-state index in [4.69, 9.17) is 0 Å². The molecule has 21 heavy (non-hydrogen) atoms. The minimum Gasteiger partial charge on any atom is -0.306 e. The van der Waals surface area contributed by atoms with Crippen LogP contribution in [0.25, 0.3) is 0 Å². The second-order valence-electron chi connectivity index (χ2n) is 5.15. The number of alkyl halides is 3. The minimum atomic E-state index is -4.30. The van der Waals surface area contributed by atoms with Gasteiger partial charge in [-0.05, 0) is 42.7 Å². The van der Waals surface area contributed by atoms with Crippen LogP contribution < -0.4 is 5.32 Å². The van der Waals surface area contributed by atoms with E-state index in [0.717, 1.165) is 11.6 Å². The number of nitrogens with one attached hydrogen (secondary N) is 1. The molecule has 1 N–H and O–H groups in total. The summed E-state index contributed by atoms with van der Waals surface area (Å²) in [6.45, 7) is 4.52. The Bertz CT molecular complexity index is 605. The highest BCUT2D eigenvalue weighted by Crippen LogP contribution is 2.30. The molecule has 112 valence electrons. The van der Waals surface area contributed by atoms with E-state index in [2.05, 4.69) is 5.32 Å². The van der Waals surface area contributed by atoms with Gasteiger partial charge in [0.15, 0.2) is 0 Å². The van der Waals surface area contributed by atoms with Gasteiger partial charge >= 0.3 is 6.18 Å². The lowest BCUT2D eigenvalue weighted by Crippen LogP contribution is -2.19. The molecule has 0 aliphatic rings. The molecule has 0 saturated carbocycles. The first-order valence-corrected chi connectivity index (χ1v) is 6.83. The number of halogens is 3. The van der Waals surface area contributed by atoms with E-state index >= 15 is 0 Å². The molecule has 0 radical (unpaired) electrons. The van der Waals surface area contributed by atoms with E-state index in [9.17, 15) is 13.2 Å². The number of aryl methyl sites for hydroxylation is 1. The Hall–Kier alpha value is -1.81. The molecule has 4 heteroatoms. The van der Waals surface area contributed by atoms with E-state index in [1.54, 1.807) is 6.07 Å². The summed E-state index contributed by atoms with van der Waals surface area (Å²) in [6.07, 6.45) is -4.30. The molecule has 0 heterocycles. The third kappa shape index (κ3) is 4.08. The Kier molecular flexibility index (Phi) is 4.68. The van der Waals surface area contributed by atoms with E-state index < -0.39 is 11.7 Å². The Balaban J connectivity index is 2.07. The molecule has 0 aromatic heterocycles. The predicted molar refractivity (Wildman–Crippen MR) is 77.9 cm³/mol. The van der Waals surface area contributed by atoms with Crippen LogP contribution in [0.1, 0.15) is 35.2 Å². The zero-order valence-corrected chi connectivity index (χ0v) is 12.0. The zero-order chi connectivity index (χ0) is 15.5. The summed E-state index contributed by atoms with van der Waals surface area (Å²) >= 11 is 0. The van der Waals surface area contributed by atoms with Crippen LogP contribution in [0.5, 0.6) is 0 Å². The van der Waals surface area contributed by atoms with Crippen molar-refractivity contribution in [2.24, 2.45) is 0 Å². The zero-order valence-electron chi connectivity index (χ0n) is 12.0. The van der Waals surface area contributed by atoms with Crippen molar-refractivity contribution in [3.05, 3.63) is 70.8 Å². The van der Waals surface area contributed by atoms with Crippen molar-refractivity contribution in [1.29, 1.82) is 0 Å². The van der Waals surface area contributed by atoms with Gasteiger partial charge in [0.05, 0.1) is 5.56 Å². The molecule has 1 unspecified atom stereocenters. The van der Waals surface area contributed by atoms with Crippen LogP contribution in [0.4, 0.5) is 13.2 Å². The van der Waals surface area contributed by atoms with Crippen LogP contribution >= 0.6 is 0 Å².